The average Bonchev–Trinajstić information content (AvgIpc) is 2.70. The molecule has 0 spiro atoms. The first kappa shape index (κ1) is 18.2. The Morgan fingerprint density at radius 3 is 2.38 bits per heavy atom. The number of aliphatic imine (C=N–C) groups is 1. The van der Waals surface area contributed by atoms with Crippen LogP contribution < -0.4 is 11.1 Å². The molecular weight excluding hydrogens is 380 g/mol. The standard InChI is InChI=1S/C16H24FN3.HI/c17-14-9-7-13(8-10-14)11-12-19-16(18)20-15-5-3-1-2-4-6-15;/h7-10,15H,1-6,11-12H2,(H3,18,19,20);1H. The summed E-state index contributed by atoms with van der Waals surface area (Å²) < 4.78 is 12.8. The molecule has 0 aliphatic heterocycles. The fourth-order valence-corrected chi connectivity index (χ4v) is 2.64. The van der Waals surface area contributed by atoms with Crippen LogP contribution in [0.2, 0.25) is 0 Å². The maximum Gasteiger partial charge on any atom is 0.188 e. The summed E-state index contributed by atoms with van der Waals surface area (Å²) >= 11 is 0. The summed E-state index contributed by atoms with van der Waals surface area (Å²) in [7, 11) is 0. The fraction of sp³-hybridized carbons (Fsp3) is 0.562. The maximum atomic E-state index is 12.8. The number of nitrogens with two attached hydrogens (primary N) is 1. The number of nitrogens with zero attached hydrogens (tertiary/aromatic N) is 1. The normalized spacial score (nSPS) is 16.9. The van der Waals surface area contributed by atoms with E-state index < -0.39 is 0 Å². The Kier molecular flexibility index (Phi) is 8.64. The number of hydrogen-bond donors (Lipinski definition) is 2. The molecule has 1 aliphatic rings. The molecule has 1 aromatic carbocycles. The van der Waals surface area contributed by atoms with Gasteiger partial charge in [0.15, 0.2) is 5.96 Å². The Labute approximate surface area is 143 Å². The summed E-state index contributed by atoms with van der Waals surface area (Å²) in [4.78, 5) is 4.36. The van der Waals surface area contributed by atoms with Crippen molar-refractivity contribution in [3.05, 3.63) is 35.6 Å². The van der Waals surface area contributed by atoms with Crippen molar-refractivity contribution in [1.82, 2.24) is 5.32 Å². The van der Waals surface area contributed by atoms with Crippen LogP contribution in [0.4, 0.5) is 4.39 Å². The number of benzene rings is 1. The van der Waals surface area contributed by atoms with Crippen LogP contribution in [0.15, 0.2) is 29.3 Å². The second-order valence-electron chi connectivity index (χ2n) is 5.48. The smallest absolute Gasteiger partial charge is 0.188 e. The maximum absolute atomic E-state index is 12.8. The van der Waals surface area contributed by atoms with E-state index in [0.29, 0.717) is 18.5 Å². The van der Waals surface area contributed by atoms with Gasteiger partial charge in [-0.3, -0.25) is 4.99 Å². The topological polar surface area (TPSA) is 50.4 Å². The SMILES string of the molecule is I.NC(=NCCc1ccc(F)cc1)NC1CCCCCC1. The van der Waals surface area contributed by atoms with Gasteiger partial charge in [-0.2, -0.15) is 0 Å². The van der Waals surface area contributed by atoms with Crippen molar-refractivity contribution in [2.45, 2.75) is 51.0 Å². The first-order chi connectivity index (χ1) is 9.74. The highest BCUT2D eigenvalue weighted by atomic mass is 127. The molecule has 118 valence electrons. The summed E-state index contributed by atoms with van der Waals surface area (Å²) in [5, 5.41) is 3.32. The van der Waals surface area contributed by atoms with E-state index in [-0.39, 0.29) is 29.8 Å². The van der Waals surface area contributed by atoms with Crippen LogP contribution in [0, 0.1) is 5.82 Å². The molecule has 0 heterocycles. The van der Waals surface area contributed by atoms with Crippen LogP contribution in [0.1, 0.15) is 44.1 Å². The van der Waals surface area contributed by atoms with E-state index in [0.717, 1.165) is 12.0 Å². The Morgan fingerprint density at radius 1 is 1.14 bits per heavy atom. The van der Waals surface area contributed by atoms with Crippen LogP contribution in [-0.4, -0.2) is 18.5 Å². The molecule has 21 heavy (non-hydrogen) atoms. The van der Waals surface area contributed by atoms with E-state index >= 15 is 0 Å². The molecule has 0 saturated heterocycles. The van der Waals surface area contributed by atoms with Crippen LogP contribution >= 0.6 is 24.0 Å². The molecule has 3 nitrogen and oxygen atoms in total. The first-order valence-electron chi connectivity index (χ1n) is 7.55. The highest BCUT2D eigenvalue weighted by Gasteiger charge is 2.11. The van der Waals surface area contributed by atoms with E-state index in [9.17, 15) is 4.39 Å². The van der Waals surface area contributed by atoms with Gasteiger partial charge in [-0.1, -0.05) is 37.8 Å². The van der Waals surface area contributed by atoms with Gasteiger partial charge in [0.25, 0.3) is 0 Å². The molecule has 3 N–H and O–H groups in total. The van der Waals surface area contributed by atoms with Crippen LogP contribution in [0.25, 0.3) is 0 Å². The third-order valence-electron chi connectivity index (χ3n) is 3.80. The van der Waals surface area contributed by atoms with Crippen LogP contribution in [-0.2, 0) is 6.42 Å². The van der Waals surface area contributed by atoms with E-state index in [1.54, 1.807) is 12.1 Å². The van der Waals surface area contributed by atoms with Crippen molar-refractivity contribution >= 4 is 29.9 Å². The van der Waals surface area contributed by atoms with Crippen LogP contribution in [0.3, 0.4) is 0 Å². The van der Waals surface area contributed by atoms with Crippen LogP contribution in [0.5, 0.6) is 0 Å². The molecule has 0 atom stereocenters. The quantitative estimate of drug-likeness (QED) is 0.348. The third kappa shape index (κ3) is 7.11. The Hall–Kier alpha value is -0.850. The highest BCUT2D eigenvalue weighted by Crippen LogP contribution is 2.16. The number of hydrogen-bond acceptors (Lipinski definition) is 1. The van der Waals surface area contributed by atoms with Crippen molar-refractivity contribution in [3.8, 4) is 0 Å². The molecule has 0 bridgehead atoms. The second kappa shape index (κ2) is 9.97. The zero-order valence-corrected chi connectivity index (χ0v) is 14.7. The monoisotopic (exact) mass is 405 g/mol. The van der Waals surface area contributed by atoms with E-state index in [1.165, 1.54) is 50.7 Å². The Balaban J connectivity index is 0.00000220. The molecule has 1 aromatic rings. The minimum atomic E-state index is -0.202. The Bertz CT molecular complexity index is 426. The van der Waals surface area contributed by atoms with E-state index in [2.05, 4.69) is 10.3 Å². The van der Waals surface area contributed by atoms with Gasteiger partial charge in [0.05, 0.1) is 0 Å². The van der Waals surface area contributed by atoms with Crippen molar-refractivity contribution in [2.24, 2.45) is 10.7 Å². The lowest BCUT2D eigenvalue weighted by molar-refractivity contribution is 0.530. The van der Waals surface area contributed by atoms with Crippen molar-refractivity contribution in [3.63, 3.8) is 0 Å². The molecule has 0 amide bonds. The molecule has 2 rings (SSSR count). The molecular formula is C16H25FIN3. The van der Waals surface area contributed by atoms with Gasteiger partial charge >= 0.3 is 0 Å². The fourth-order valence-electron chi connectivity index (χ4n) is 2.64. The third-order valence-corrected chi connectivity index (χ3v) is 3.80. The number of halogens is 2. The predicted octanol–water partition coefficient (Wildman–Crippen LogP) is 3.61. The van der Waals surface area contributed by atoms with Gasteiger partial charge in [-0.25, -0.2) is 4.39 Å². The lowest BCUT2D eigenvalue weighted by Crippen LogP contribution is -2.40. The van der Waals surface area contributed by atoms with Gasteiger partial charge in [-0.15, -0.1) is 24.0 Å². The van der Waals surface area contributed by atoms with Crippen molar-refractivity contribution < 1.29 is 4.39 Å². The second-order valence-corrected chi connectivity index (χ2v) is 5.48. The summed E-state index contributed by atoms with van der Waals surface area (Å²) in [6, 6.07) is 7.02. The number of guanidine groups is 1. The molecule has 1 saturated carbocycles. The molecule has 5 heteroatoms. The molecule has 0 unspecified atom stereocenters. The van der Waals surface area contributed by atoms with Gasteiger partial charge < -0.3 is 11.1 Å². The predicted molar refractivity (Wildman–Crippen MR) is 96.6 cm³/mol. The van der Waals surface area contributed by atoms with E-state index in [4.69, 9.17) is 5.73 Å². The minimum Gasteiger partial charge on any atom is -0.370 e. The molecule has 0 aromatic heterocycles. The summed E-state index contributed by atoms with van der Waals surface area (Å²) in [5.74, 6) is 0.339. The largest absolute Gasteiger partial charge is 0.370 e. The lowest BCUT2D eigenvalue weighted by atomic mass is 10.1. The molecule has 0 radical (unpaired) electrons. The zero-order valence-electron chi connectivity index (χ0n) is 12.4. The Morgan fingerprint density at radius 2 is 1.76 bits per heavy atom. The number of nitrogens with one attached hydrogen (secondary N) is 1. The zero-order chi connectivity index (χ0) is 14.2. The average molecular weight is 405 g/mol. The first-order valence-corrected chi connectivity index (χ1v) is 7.55. The minimum absolute atomic E-state index is 0. The van der Waals surface area contributed by atoms with Gasteiger partial charge in [-0.05, 0) is 37.0 Å². The molecule has 1 fully saturated rings. The summed E-state index contributed by atoms with van der Waals surface area (Å²) in [5.41, 5.74) is 7.00. The van der Waals surface area contributed by atoms with Crippen molar-refractivity contribution in [2.75, 3.05) is 6.54 Å². The molecule has 1 aliphatic carbocycles. The van der Waals surface area contributed by atoms with Gasteiger partial charge in [0, 0.05) is 12.6 Å². The van der Waals surface area contributed by atoms with Gasteiger partial charge in [0.2, 0.25) is 0 Å². The number of rotatable bonds is 4. The lowest BCUT2D eigenvalue weighted by Gasteiger charge is -2.16. The highest BCUT2D eigenvalue weighted by molar-refractivity contribution is 14.0. The summed E-state index contributed by atoms with van der Waals surface area (Å²) in [6.07, 6.45) is 8.39. The van der Waals surface area contributed by atoms with E-state index in [1.807, 2.05) is 0 Å². The summed E-state index contributed by atoms with van der Waals surface area (Å²) in [6.45, 7) is 0.636. The van der Waals surface area contributed by atoms with Crippen molar-refractivity contribution in [1.29, 1.82) is 0 Å². The van der Waals surface area contributed by atoms with Gasteiger partial charge in [0.1, 0.15) is 5.82 Å².